The average Bonchev–Trinajstić information content (AvgIpc) is 2.68. The normalized spacial score (nSPS) is 16.9. The summed E-state index contributed by atoms with van der Waals surface area (Å²) in [4.78, 5) is 35.9. The largest absolute Gasteiger partial charge is 0.464 e. The molecule has 0 unspecified atom stereocenters. The van der Waals surface area contributed by atoms with Crippen LogP contribution in [-0.2, 0) is 23.9 Å². The first kappa shape index (κ1) is 29.2. The zero-order chi connectivity index (χ0) is 24.2. The van der Waals surface area contributed by atoms with Crippen LogP contribution in [0.4, 0.5) is 0 Å². The Labute approximate surface area is 184 Å². The SMILES string of the molecule is CCCC(=O)OCCNC(=O)[C@H](C)CC(=O)[C@H](OC)[C@H](O)[C@@H](O)[C@H](O)/C=C/C(C)(C)C. The zero-order valence-corrected chi connectivity index (χ0v) is 19.5. The number of carbonyl (C=O) groups is 3. The van der Waals surface area contributed by atoms with Crippen LogP contribution in [0.3, 0.4) is 0 Å². The summed E-state index contributed by atoms with van der Waals surface area (Å²) in [6.45, 7) is 9.26. The summed E-state index contributed by atoms with van der Waals surface area (Å²) >= 11 is 0. The van der Waals surface area contributed by atoms with Crippen LogP contribution < -0.4 is 5.32 Å². The highest BCUT2D eigenvalue weighted by atomic mass is 16.5. The second kappa shape index (κ2) is 14.3. The maximum Gasteiger partial charge on any atom is 0.305 e. The van der Waals surface area contributed by atoms with Gasteiger partial charge in [0.15, 0.2) is 5.78 Å². The first-order valence-electron chi connectivity index (χ1n) is 10.6. The molecule has 0 aromatic carbocycles. The average molecular weight is 446 g/mol. The van der Waals surface area contributed by atoms with Gasteiger partial charge >= 0.3 is 5.97 Å². The fraction of sp³-hybridized carbons (Fsp3) is 0.773. The number of esters is 1. The molecule has 0 aromatic rings. The first-order chi connectivity index (χ1) is 14.3. The van der Waals surface area contributed by atoms with Crippen molar-refractivity contribution in [3.63, 3.8) is 0 Å². The van der Waals surface area contributed by atoms with Crippen LogP contribution in [0.2, 0.25) is 0 Å². The fourth-order valence-electron chi connectivity index (χ4n) is 2.64. The number of methoxy groups -OCH3 is 1. The zero-order valence-electron chi connectivity index (χ0n) is 19.5. The van der Waals surface area contributed by atoms with Gasteiger partial charge in [0, 0.05) is 25.9 Å². The number of Topliss-reactive ketones (excluding diaryl/α,β-unsaturated/α-hetero) is 1. The highest BCUT2D eigenvalue weighted by molar-refractivity contribution is 5.89. The Balaban J connectivity index is 4.70. The first-order valence-corrected chi connectivity index (χ1v) is 10.6. The molecule has 5 atom stereocenters. The van der Waals surface area contributed by atoms with Gasteiger partial charge in [-0.1, -0.05) is 46.8 Å². The molecule has 1 amide bonds. The molecule has 31 heavy (non-hydrogen) atoms. The number of ketones is 1. The second-order valence-corrected chi connectivity index (χ2v) is 8.69. The number of amides is 1. The Kier molecular flexibility index (Phi) is 13.5. The number of ether oxygens (including phenoxy) is 2. The maximum absolute atomic E-state index is 12.5. The van der Waals surface area contributed by atoms with E-state index in [4.69, 9.17) is 9.47 Å². The number of rotatable bonds is 14. The van der Waals surface area contributed by atoms with Gasteiger partial charge in [0.2, 0.25) is 5.91 Å². The Hall–Kier alpha value is -1.81. The van der Waals surface area contributed by atoms with Gasteiger partial charge in [-0.15, -0.1) is 0 Å². The Morgan fingerprint density at radius 1 is 1.10 bits per heavy atom. The standard InChI is InChI=1S/C22H39NO8/c1-7-8-17(26)31-12-11-23-21(29)14(2)13-16(25)20(30-6)19(28)18(27)15(24)9-10-22(3,4)5/h9-10,14-15,18-20,24,27-28H,7-8,11-13H2,1-6H3,(H,23,29)/b10-9+/t14-,15-,18+,19-,20+/m1/s1. The van der Waals surface area contributed by atoms with E-state index in [1.807, 2.05) is 27.7 Å². The molecule has 0 saturated carbocycles. The van der Waals surface area contributed by atoms with E-state index in [0.717, 1.165) is 0 Å². The maximum atomic E-state index is 12.5. The third-order valence-corrected chi connectivity index (χ3v) is 4.45. The molecule has 0 aliphatic rings. The second-order valence-electron chi connectivity index (χ2n) is 8.69. The summed E-state index contributed by atoms with van der Waals surface area (Å²) < 4.78 is 9.97. The number of aliphatic hydroxyl groups excluding tert-OH is 3. The molecule has 0 radical (unpaired) electrons. The molecule has 0 fully saturated rings. The lowest BCUT2D eigenvalue weighted by molar-refractivity contribution is -0.149. The van der Waals surface area contributed by atoms with Crippen LogP contribution in [0.15, 0.2) is 12.2 Å². The van der Waals surface area contributed by atoms with Gasteiger partial charge in [-0.3, -0.25) is 14.4 Å². The summed E-state index contributed by atoms with van der Waals surface area (Å²) in [5, 5.41) is 33.2. The van der Waals surface area contributed by atoms with Crippen molar-refractivity contribution in [1.29, 1.82) is 0 Å². The van der Waals surface area contributed by atoms with Crippen LogP contribution in [0.5, 0.6) is 0 Å². The summed E-state index contributed by atoms with van der Waals surface area (Å²) in [5.41, 5.74) is -0.237. The van der Waals surface area contributed by atoms with E-state index in [2.05, 4.69) is 5.32 Å². The lowest BCUT2D eigenvalue weighted by atomic mass is 9.92. The number of hydrogen-bond donors (Lipinski definition) is 4. The van der Waals surface area contributed by atoms with Gasteiger partial charge in [-0.2, -0.15) is 0 Å². The fourth-order valence-corrected chi connectivity index (χ4v) is 2.64. The molecule has 4 N–H and O–H groups in total. The van der Waals surface area contributed by atoms with Gasteiger partial charge in [0.1, 0.15) is 31.0 Å². The van der Waals surface area contributed by atoms with E-state index < -0.39 is 42.0 Å². The lowest BCUT2D eigenvalue weighted by Gasteiger charge is -2.27. The van der Waals surface area contributed by atoms with E-state index in [9.17, 15) is 29.7 Å². The van der Waals surface area contributed by atoms with Crippen molar-refractivity contribution < 1.29 is 39.2 Å². The minimum Gasteiger partial charge on any atom is -0.464 e. The van der Waals surface area contributed by atoms with Gasteiger partial charge in [0.25, 0.3) is 0 Å². The Morgan fingerprint density at radius 2 is 1.71 bits per heavy atom. The van der Waals surface area contributed by atoms with Crippen molar-refractivity contribution in [3.05, 3.63) is 12.2 Å². The molecular weight excluding hydrogens is 406 g/mol. The number of allylic oxidation sites excluding steroid dienone is 1. The minimum absolute atomic E-state index is 0.0385. The van der Waals surface area contributed by atoms with Crippen LogP contribution in [-0.4, -0.2) is 77.7 Å². The molecule has 0 aliphatic carbocycles. The summed E-state index contributed by atoms with van der Waals surface area (Å²) in [6, 6.07) is 0. The molecule has 0 aromatic heterocycles. The van der Waals surface area contributed by atoms with E-state index in [1.54, 1.807) is 6.08 Å². The highest BCUT2D eigenvalue weighted by Crippen LogP contribution is 2.18. The lowest BCUT2D eigenvalue weighted by Crippen LogP contribution is -2.48. The van der Waals surface area contributed by atoms with Crippen LogP contribution in [0, 0.1) is 11.3 Å². The van der Waals surface area contributed by atoms with Crippen molar-refractivity contribution in [2.24, 2.45) is 11.3 Å². The topological polar surface area (TPSA) is 142 Å². The molecule has 0 heterocycles. The Bertz CT molecular complexity index is 599. The molecule has 0 rings (SSSR count). The molecule has 180 valence electrons. The van der Waals surface area contributed by atoms with Gasteiger partial charge in [-0.25, -0.2) is 0 Å². The van der Waals surface area contributed by atoms with Gasteiger partial charge in [0.05, 0.1) is 6.54 Å². The van der Waals surface area contributed by atoms with E-state index in [0.29, 0.717) is 12.8 Å². The molecule has 9 nitrogen and oxygen atoms in total. The molecule has 9 heteroatoms. The molecule has 0 spiro atoms. The van der Waals surface area contributed by atoms with Crippen molar-refractivity contribution in [2.45, 2.75) is 78.3 Å². The van der Waals surface area contributed by atoms with Crippen molar-refractivity contribution in [3.8, 4) is 0 Å². The Morgan fingerprint density at radius 3 is 2.23 bits per heavy atom. The van der Waals surface area contributed by atoms with Crippen LogP contribution >= 0.6 is 0 Å². The van der Waals surface area contributed by atoms with E-state index in [1.165, 1.54) is 20.1 Å². The minimum atomic E-state index is -1.68. The smallest absolute Gasteiger partial charge is 0.305 e. The number of nitrogens with one attached hydrogen (secondary N) is 1. The molecular formula is C22H39NO8. The molecule has 0 saturated heterocycles. The number of hydrogen-bond acceptors (Lipinski definition) is 8. The molecule has 0 bridgehead atoms. The van der Waals surface area contributed by atoms with Crippen LogP contribution in [0.25, 0.3) is 0 Å². The van der Waals surface area contributed by atoms with Gasteiger partial charge < -0.3 is 30.1 Å². The monoisotopic (exact) mass is 445 g/mol. The number of aliphatic hydroxyl groups is 3. The predicted molar refractivity (Wildman–Crippen MR) is 115 cm³/mol. The third kappa shape index (κ3) is 12.0. The van der Waals surface area contributed by atoms with Crippen molar-refractivity contribution in [2.75, 3.05) is 20.3 Å². The third-order valence-electron chi connectivity index (χ3n) is 4.45. The highest BCUT2D eigenvalue weighted by Gasteiger charge is 2.36. The summed E-state index contributed by atoms with van der Waals surface area (Å²) in [5.74, 6) is -2.07. The quantitative estimate of drug-likeness (QED) is 0.174. The predicted octanol–water partition coefficient (Wildman–Crippen LogP) is 0.741. The summed E-state index contributed by atoms with van der Waals surface area (Å²) in [6.07, 6.45) is -2.33. The van der Waals surface area contributed by atoms with Crippen LogP contribution in [0.1, 0.15) is 53.9 Å². The number of carbonyl (C=O) groups excluding carboxylic acids is 3. The van der Waals surface area contributed by atoms with Gasteiger partial charge in [-0.05, 0) is 11.8 Å². The van der Waals surface area contributed by atoms with E-state index in [-0.39, 0.29) is 31.0 Å². The van der Waals surface area contributed by atoms with E-state index >= 15 is 0 Å². The molecule has 0 aliphatic heterocycles. The van der Waals surface area contributed by atoms with Crippen molar-refractivity contribution >= 4 is 17.7 Å². The van der Waals surface area contributed by atoms with Crippen molar-refractivity contribution in [1.82, 2.24) is 5.32 Å². The summed E-state index contributed by atoms with van der Waals surface area (Å²) in [7, 11) is 1.20.